The molecule has 0 aliphatic heterocycles. The molecule has 24 heavy (non-hydrogen) atoms. The molecule has 0 unspecified atom stereocenters. The largest absolute Gasteiger partial charge is 0.367 e. The topological polar surface area (TPSA) is 32.8 Å². The zero-order valence-corrected chi connectivity index (χ0v) is 14.5. The standard InChI is InChI=1S/C20H26N2O2/c1-21(2)13-14-22(15-18-9-5-3-6-10-18)20(23)17-24-16-19-11-7-4-8-12-19/h3-12H,13-17H2,1-2H3. The quantitative estimate of drug-likeness (QED) is 0.710. The predicted octanol–water partition coefficient (Wildman–Crippen LogP) is 2.79. The highest BCUT2D eigenvalue weighted by Crippen LogP contribution is 2.06. The first-order valence-corrected chi connectivity index (χ1v) is 8.23. The van der Waals surface area contributed by atoms with Gasteiger partial charge in [0.05, 0.1) is 6.61 Å². The summed E-state index contributed by atoms with van der Waals surface area (Å²) in [6.45, 7) is 2.70. The molecule has 0 saturated heterocycles. The van der Waals surface area contributed by atoms with Crippen molar-refractivity contribution in [2.24, 2.45) is 0 Å². The van der Waals surface area contributed by atoms with Crippen LogP contribution >= 0.6 is 0 Å². The summed E-state index contributed by atoms with van der Waals surface area (Å²) in [4.78, 5) is 16.5. The van der Waals surface area contributed by atoms with Gasteiger partial charge in [-0.2, -0.15) is 0 Å². The van der Waals surface area contributed by atoms with Crippen LogP contribution in [-0.4, -0.2) is 49.5 Å². The third-order valence-electron chi connectivity index (χ3n) is 3.72. The van der Waals surface area contributed by atoms with E-state index in [2.05, 4.69) is 4.90 Å². The van der Waals surface area contributed by atoms with Gasteiger partial charge in [-0.1, -0.05) is 60.7 Å². The van der Waals surface area contributed by atoms with Crippen molar-refractivity contribution in [3.05, 3.63) is 71.8 Å². The summed E-state index contributed by atoms with van der Waals surface area (Å²) in [7, 11) is 4.02. The lowest BCUT2D eigenvalue weighted by atomic mass is 10.2. The van der Waals surface area contributed by atoms with Gasteiger partial charge < -0.3 is 14.5 Å². The molecular formula is C20H26N2O2. The summed E-state index contributed by atoms with van der Waals surface area (Å²) in [5, 5.41) is 0. The Morgan fingerprint density at radius 2 is 1.46 bits per heavy atom. The van der Waals surface area contributed by atoms with Crippen molar-refractivity contribution in [2.45, 2.75) is 13.2 Å². The van der Waals surface area contributed by atoms with E-state index in [-0.39, 0.29) is 12.5 Å². The smallest absolute Gasteiger partial charge is 0.248 e. The van der Waals surface area contributed by atoms with Gasteiger partial charge in [-0.25, -0.2) is 0 Å². The molecule has 0 N–H and O–H groups in total. The summed E-state index contributed by atoms with van der Waals surface area (Å²) in [6, 6.07) is 20.0. The van der Waals surface area contributed by atoms with Gasteiger partial charge in [0.2, 0.25) is 5.91 Å². The number of hydrogen-bond donors (Lipinski definition) is 0. The van der Waals surface area contributed by atoms with Crippen molar-refractivity contribution in [3.8, 4) is 0 Å². The van der Waals surface area contributed by atoms with E-state index < -0.39 is 0 Å². The molecule has 128 valence electrons. The molecule has 0 heterocycles. The average molecular weight is 326 g/mol. The van der Waals surface area contributed by atoms with Crippen molar-refractivity contribution >= 4 is 5.91 Å². The monoisotopic (exact) mass is 326 g/mol. The first-order chi connectivity index (χ1) is 11.6. The van der Waals surface area contributed by atoms with E-state index in [4.69, 9.17) is 4.74 Å². The molecule has 0 aliphatic rings. The molecule has 0 aromatic heterocycles. The van der Waals surface area contributed by atoms with Gasteiger partial charge in [-0.15, -0.1) is 0 Å². The molecule has 1 amide bonds. The van der Waals surface area contributed by atoms with Gasteiger partial charge in [0, 0.05) is 19.6 Å². The molecule has 4 heteroatoms. The Morgan fingerprint density at radius 1 is 0.875 bits per heavy atom. The van der Waals surface area contributed by atoms with Crippen LogP contribution in [0.2, 0.25) is 0 Å². The minimum atomic E-state index is 0.0247. The minimum absolute atomic E-state index is 0.0247. The molecule has 2 aromatic rings. The molecule has 4 nitrogen and oxygen atoms in total. The van der Waals surface area contributed by atoms with Crippen LogP contribution in [0, 0.1) is 0 Å². The Balaban J connectivity index is 1.88. The molecule has 2 rings (SSSR count). The number of ether oxygens (including phenoxy) is 1. The third kappa shape index (κ3) is 6.52. The van der Waals surface area contributed by atoms with Crippen molar-refractivity contribution in [1.82, 2.24) is 9.80 Å². The molecular weight excluding hydrogens is 300 g/mol. The molecule has 0 fully saturated rings. The van der Waals surface area contributed by atoms with E-state index in [1.807, 2.05) is 79.7 Å². The maximum Gasteiger partial charge on any atom is 0.248 e. The Morgan fingerprint density at radius 3 is 2.04 bits per heavy atom. The van der Waals surface area contributed by atoms with Gasteiger partial charge in [0.25, 0.3) is 0 Å². The third-order valence-corrected chi connectivity index (χ3v) is 3.72. The van der Waals surface area contributed by atoms with E-state index in [1.165, 1.54) is 0 Å². The zero-order valence-electron chi connectivity index (χ0n) is 14.5. The van der Waals surface area contributed by atoms with Crippen LogP contribution in [0.25, 0.3) is 0 Å². The number of likely N-dealkylation sites (N-methyl/N-ethyl adjacent to an activating group) is 1. The highest BCUT2D eigenvalue weighted by molar-refractivity contribution is 5.77. The minimum Gasteiger partial charge on any atom is -0.367 e. The van der Waals surface area contributed by atoms with E-state index in [1.54, 1.807) is 0 Å². The fourth-order valence-corrected chi connectivity index (χ4v) is 2.34. The van der Waals surface area contributed by atoms with Crippen LogP contribution in [0.3, 0.4) is 0 Å². The maximum atomic E-state index is 12.5. The fraction of sp³-hybridized carbons (Fsp3) is 0.350. The fourth-order valence-electron chi connectivity index (χ4n) is 2.34. The average Bonchev–Trinajstić information content (AvgIpc) is 2.60. The second kappa shape index (κ2) is 9.85. The lowest BCUT2D eigenvalue weighted by Gasteiger charge is -2.24. The SMILES string of the molecule is CN(C)CCN(Cc1ccccc1)C(=O)COCc1ccccc1. The molecule has 0 aliphatic carbocycles. The van der Waals surface area contributed by atoms with E-state index >= 15 is 0 Å². The lowest BCUT2D eigenvalue weighted by Crippen LogP contribution is -2.38. The Labute approximate surface area is 144 Å². The van der Waals surface area contributed by atoms with E-state index in [9.17, 15) is 4.79 Å². The van der Waals surface area contributed by atoms with Gasteiger partial charge in [0.15, 0.2) is 0 Å². The summed E-state index contributed by atoms with van der Waals surface area (Å²) < 4.78 is 5.60. The molecule has 0 radical (unpaired) electrons. The van der Waals surface area contributed by atoms with Crippen LogP contribution in [-0.2, 0) is 22.7 Å². The number of amides is 1. The number of nitrogens with zero attached hydrogens (tertiary/aromatic N) is 2. The number of carbonyl (C=O) groups is 1. The molecule has 0 saturated carbocycles. The summed E-state index contributed by atoms with van der Waals surface area (Å²) in [5.41, 5.74) is 2.21. The first kappa shape index (κ1) is 18.2. The van der Waals surface area contributed by atoms with Crippen molar-refractivity contribution < 1.29 is 9.53 Å². The number of carbonyl (C=O) groups excluding carboxylic acids is 1. The Kier molecular flexibility index (Phi) is 7.46. The normalized spacial score (nSPS) is 10.8. The summed E-state index contributed by atoms with van der Waals surface area (Å²) in [5.74, 6) is 0.0247. The van der Waals surface area contributed by atoms with Crippen LogP contribution in [0.15, 0.2) is 60.7 Å². The van der Waals surface area contributed by atoms with Gasteiger partial charge in [0.1, 0.15) is 6.61 Å². The van der Waals surface area contributed by atoms with Crippen LogP contribution < -0.4 is 0 Å². The van der Waals surface area contributed by atoms with Crippen molar-refractivity contribution in [2.75, 3.05) is 33.8 Å². The predicted molar refractivity (Wildman–Crippen MR) is 96.5 cm³/mol. The van der Waals surface area contributed by atoms with Gasteiger partial charge in [-0.3, -0.25) is 4.79 Å². The maximum absolute atomic E-state index is 12.5. The van der Waals surface area contributed by atoms with Gasteiger partial charge >= 0.3 is 0 Å². The number of hydrogen-bond acceptors (Lipinski definition) is 3. The lowest BCUT2D eigenvalue weighted by molar-refractivity contribution is -0.137. The molecule has 0 atom stereocenters. The zero-order chi connectivity index (χ0) is 17.2. The van der Waals surface area contributed by atoms with Gasteiger partial charge in [-0.05, 0) is 25.2 Å². The van der Waals surface area contributed by atoms with Crippen molar-refractivity contribution in [3.63, 3.8) is 0 Å². The summed E-state index contributed by atoms with van der Waals surface area (Å²) in [6.07, 6.45) is 0. The van der Waals surface area contributed by atoms with Crippen LogP contribution in [0.4, 0.5) is 0 Å². The van der Waals surface area contributed by atoms with Crippen LogP contribution in [0.5, 0.6) is 0 Å². The second-order valence-electron chi connectivity index (χ2n) is 6.08. The highest BCUT2D eigenvalue weighted by Gasteiger charge is 2.14. The Bertz CT molecular complexity index is 600. The van der Waals surface area contributed by atoms with Crippen molar-refractivity contribution in [1.29, 1.82) is 0 Å². The van der Waals surface area contributed by atoms with E-state index in [0.29, 0.717) is 19.7 Å². The summed E-state index contributed by atoms with van der Waals surface area (Å²) >= 11 is 0. The molecule has 2 aromatic carbocycles. The number of benzene rings is 2. The first-order valence-electron chi connectivity index (χ1n) is 8.23. The highest BCUT2D eigenvalue weighted by atomic mass is 16.5. The molecule has 0 spiro atoms. The second-order valence-corrected chi connectivity index (χ2v) is 6.08. The van der Waals surface area contributed by atoms with E-state index in [0.717, 1.165) is 17.7 Å². The van der Waals surface area contributed by atoms with Crippen LogP contribution in [0.1, 0.15) is 11.1 Å². The molecule has 0 bridgehead atoms. The Hall–Kier alpha value is -2.17. The number of rotatable bonds is 9.